The standard InChI is InChI=1S/C16H24N2O3S2/c1-12(16(19)17(2)14-6-9-23(20,21)11-14)18-7-3-4-15(18)13-5-8-22-10-13/h5,8,10,12,14-15H,3-4,6-7,9,11H2,1-2H3/t12-,14+,15-/m1/s1. The minimum Gasteiger partial charge on any atom is -0.340 e. The van der Waals surface area contributed by atoms with Gasteiger partial charge in [-0.15, -0.1) is 0 Å². The largest absolute Gasteiger partial charge is 0.340 e. The van der Waals surface area contributed by atoms with E-state index in [4.69, 9.17) is 0 Å². The first-order valence-corrected chi connectivity index (χ1v) is 10.9. The molecule has 0 unspecified atom stereocenters. The lowest BCUT2D eigenvalue weighted by atomic mass is 10.1. The molecular weight excluding hydrogens is 332 g/mol. The van der Waals surface area contributed by atoms with Crippen molar-refractivity contribution in [1.29, 1.82) is 0 Å². The fraction of sp³-hybridized carbons (Fsp3) is 0.688. The number of hydrogen-bond donors (Lipinski definition) is 0. The molecule has 3 atom stereocenters. The second kappa shape index (κ2) is 6.53. The Balaban J connectivity index is 1.69. The summed E-state index contributed by atoms with van der Waals surface area (Å²) in [5.74, 6) is 0.343. The van der Waals surface area contributed by atoms with Crippen LogP contribution in [-0.2, 0) is 14.6 Å². The normalized spacial score (nSPS) is 28.8. The second-order valence-electron chi connectivity index (χ2n) is 6.63. The van der Waals surface area contributed by atoms with Gasteiger partial charge in [-0.2, -0.15) is 11.3 Å². The zero-order chi connectivity index (χ0) is 16.6. The first kappa shape index (κ1) is 16.9. The predicted octanol–water partition coefficient (Wildman–Crippen LogP) is 1.92. The van der Waals surface area contributed by atoms with E-state index in [0.29, 0.717) is 12.5 Å². The third kappa shape index (κ3) is 3.46. The third-order valence-electron chi connectivity index (χ3n) is 5.18. The van der Waals surface area contributed by atoms with Gasteiger partial charge < -0.3 is 4.90 Å². The number of amides is 1. The van der Waals surface area contributed by atoms with Gasteiger partial charge in [-0.25, -0.2) is 8.42 Å². The van der Waals surface area contributed by atoms with Crippen LogP contribution < -0.4 is 0 Å². The van der Waals surface area contributed by atoms with Crippen molar-refractivity contribution in [1.82, 2.24) is 9.80 Å². The first-order chi connectivity index (χ1) is 10.9. The maximum Gasteiger partial charge on any atom is 0.239 e. The summed E-state index contributed by atoms with van der Waals surface area (Å²) in [4.78, 5) is 16.8. The highest BCUT2D eigenvalue weighted by atomic mass is 32.2. The first-order valence-electron chi connectivity index (χ1n) is 8.14. The quantitative estimate of drug-likeness (QED) is 0.827. The lowest BCUT2D eigenvalue weighted by Crippen LogP contribution is -2.49. The summed E-state index contributed by atoms with van der Waals surface area (Å²) in [7, 11) is -1.22. The Kier molecular flexibility index (Phi) is 4.80. The molecule has 2 fully saturated rings. The average Bonchev–Trinajstić information content (AvgIpc) is 3.23. The van der Waals surface area contributed by atoms with E-state index in [2.05, 4.69) is 21.7 Å². The number of hydrogen-bond acceptors (Lipinski definition) is 5. The van der Waals surface area contributed by atoms with E-state index < -0.39 is 9.84 Å². The predicted molar refractivity (Wildman–Crippen MR) is 92.3 cm³/mol. The van der Waals surface area contributed by atoms with Gasteiger partial charge in [-0.1, -0.05) is 0 Å². The maximum absolute atomic E-state index is 12.8. The van der Waals surface area contributed by atoms with Gasteiger partial charge in [0.1, 0.15) is 0 Å². The summed E-state index contributed by atoms with van der Waals surface area (Å²) in [5, 5.41) is 4.24. The highest BCUT2D eigenvalue weighted by molar-refractivity contribution is 7.91. The molecule has 0 aromatic carbocycles. The molecule has 1 amide bonds. The van der Waals surface area contributed by atoms with E-state index in [-0.39, 0.29) is 29.5 Å². The number of likely N-dealkylation sites (tertiary alicyclic amines) is 1. The zero-order valence-corrected chi connectivity index (χ0v) is 15.3. The van der Waals surface area contributed by atoms with Crippen molar-refractivity contribution in [2.75, 3.05) is 25.1 Å². The Morgan fingerprint density at radius 2 is 2.22 bits per heavy atom. The minimum absolute atomic E-state index is 0.0363. The monoisotopic (exact) mass is 356 g/mol. The Morgan fingerprint density at radius 3 is 2.83 bits per heavy atom. The molecule has 0 radical (unpaired) electrons. The summed E-state index contributed by atoms with van der Waals surface area (Å²) in [6.07, 6.45) is 2.74. The van der Waals surface area contributed by atoms with E-state index in [1.54, 1.807) is 23.3 Å². The molecular formula is C16H24N2O3S2. The summed E-state index contributed by atoms with van der Waals surface area (Å²) in [5.41, 5.74) is 1.29. The molecule has 0 saturated carbocycles. The number of thiophene rings is 1. The Labute approximate surface area is 142 Å². The summed E-state index contributed by atoms with van der Waals surface area (Å²) >= 11 is 1.69. The molecule has 2 aliphatic heterocycles. The van der Waals surface area contributed by atoms with Crippen LogP contribution in [0.25, 0.3) is 0 Å². The van der Waals surface area contributed by atoms with Crippen molar-refractivity contribution in [2.45, 2.75) is 44.3 Å². The summed E-state index contributed by atoms with van der Waals surface area (Å²) < 4.78 is 23.3. The molecule has 0 N–H and O–H groups in total. The molecule has 128 valence electrons. The molecule has 1 aromatic heterocycles. The third-order valence-corrected chi connectivity index (χ3v) is 7.63. The van der Waals surface area contributed by atoms with E-state index >= 15 is 0 Å². The average molecular weight is 357 g/mol. The van der Waals surface area contributed by atoms with Gasteiger partial charge in [0.25, 0.3) is 0 Å². The Morgan fingerprint density at radius 1 is 1.43 bits per heavy atom. The summed E-state index contributed by atoms with van der Waals surface area (Å²) in [6, 6.07) is 2.06. The fourth-order valence-electron chi connectivity index (χ4n) is 3.77. The smallest absolute Gasteiger partial charge is 0.239 e. The van der Waals surface area contributed by atoms with Gasteiger partial charge in [0.05, 0.1) is 17.5 Å². The molecule has 2 aliphatic rings. The van der Waals surface area contributed by atoms with Crippen LogP contribution in [0.15, 0.2) is 16.8 Å². The van der Waals surface area contributed by atoms with Gasteiger partial charge in [-0.05, 0) is 55.1 Å². The van der Waals surface area contributed by atoms with Crippen LogP contribution >= 0.6 is 11.3 Å². The highest BCUT2D eigenvalue weighted by Gasteiger charge is 2.38. The van der Waals surface area contributed by atoms with Gasteiger partial charge in [0.2, 0.25) is 5.91 Å². The van der Waals surface area contributed by atoms with Gasteiger partial charge >= 0.3 is 0 Å². The number of sulfone groups is 1. The van der Waals surface area contributed by atoms with Gasteiger partial charge in [0.15, 0.2) is 9.84 Å². The van der Waals surface area contributed by atoms with Gasteiger partial charge in [-0.3, -0.25) is 9.69 Å². The number of nitrogens with zero attached hydrogens (tertiary/aromatic N) is 2. The van der Waals surface area contributed by atoms with Crippen molar-refractivity contribution in [3.8, 4) is 0 Å². The molecule has 3 rings (SSSR count). The van der Waals surface area contributed by atoms with Crippen molar-refractivity contribution in [3.05, 3.63) is 22.4 Å². The summed E-state index contributed by atoms with van der Waals surface area (Å²) in [6.45, 7) is 2.87. The number of carbonyl (C=O) groups excluding carboxylic acids is 1. The second-order valence-corrected chi connectivity index (χ2v) is 9.64. The molecule has 2 saturated heterocycles. The Hall–Kier alpha value is -0.920. The zero-order valence-electron chi connectivity index (χ0n) is 13.6. The molecule has 0 spiro atoms. The molecule has 3 heterocycles. The van der Waals surface area contributed by atoms with Crippen LogP contribution in [0, 0.1) is 0 Å². The van der Waals surface area contributed by atoms with Crippen LogP contribution in [-0.4, -0.2) is 61.3 Å². The lowest BCUT2D eigenvalue weighted by Gasteiger charge is -2.34. The van der Waals surface area contributed by atoms with Crippen LogP contribution in [0.4, 0.5) is 0 Å². The topological polar surface area (TPSA) is 57.7 Å². The van der Waals surface area contributed by atoms with Crippen molar-refractivity contribution < 1.29 is 13.2 Å². The van der Waals surface area contributed by atoms with Crippen molar-refractivity contribution >= 4 is 27.1 Å². The SMILES string of the molecule is C[C@H](C(=O)N(C)[C@H]1CCS(=O)(=O)C1)N1CCC[C@@H]1c1ccsc1. The van der Waals surface area contributed by atoms with Crippen LogP contribution in [0.5, 0.6) is 0 Å². The van der Waals surface area contributed by atoms with Crippen LogP contribution in [0.1, 0.15) is 37.8 Å². The Bertz CT molecular complexity index is 657. The van der Waals surface area contributed by atoms with Gasteiger partial charge in [0, 0.05) is 19.1 Å². The molecule has 0 aliphatic carbocycles. The molecule has 5 nitrogen and oxygen atoms in total. The number of carbonyl (C=O) groups is 1. The molecule has 23 heavy (non-hydrogen) atoms. The molecule has 0 bridgehead atoms. The lowest BCUT2D eigenvalue weighted by molar-refractivity contribution is -0.137. The fourth-order valence-corrected chi connectivity index (χ4v) is 6.25. The van der Waals surface area contributed by atoms with E-state index in [9.17, 15) is 13.2 Å². The van der Waals surface area contributed by atoms with Crippen LogP contribution in [0.2, 0.25) is 0 Å². The number of rotatable bonds is 4. The van der Waals surface area contributed by atoms with Crippen molar-refractivity contribution in [3.63, 3.8) is 0 Å². The van der Waals surface area contributed by atoms with E-state index in [1.165, 1.54) is 5.56 Å². The van der Waals surface area contributed by atoms with Crippen molar-refractivity contribution in [2.24, 2.45) is 0 Å². The molecule has 7 heteroatoms. The van der Waals surface area contributed by atoms with Crippen LogP contribution in [0.3, 0.4) is 0 Å². The van der Waals surface area contributed by atoms with E-state index in [0.717, 1.165) is 19.4 Å². The number of likely N-dealkylation sites (N-methyl/N-ethyl adjacent to an activating group) is 1. The molecule has 1 aromatic rings. The maximum atomic E-state index is 12.8. The highest BCUT2D eigenvalue weighted by Crippen LogP contribution is 2.35. The minimum atomic E-state index is -2.97. The van der Waals surface area contributed by atoms with E-state index in [1.807, 2.05) is 6.92 Å².